The third kappa shape index (κ3) is 6.20. The number of allylic oxidation sites excluding steroid dienone is 1. The Morgan fingerprint density at radius 2 is 1.94 bits per heavy atom. The Hall–Kier alpha value is -3.19. The second-order valence-corrected chi connectivity index (χ2v) is 7.84. The number of hydrogen-bond acceptors (Lipinski definition) is 5. The Bertz CT molecular complexity index is 982. The topological polar surface area (TPSA) is 83.6 Å². The highest BCUT2D eigenvalue weighted by molar-refractivity contribution is 5.97. The van der Waals surface area contributed by atoms with Crippen LogP contribution in [0.3, 0.4) is 0 Å². The van der Waals surface area contributed by atoms with E-state index in [-0.39, 0.29) is 11.8 Å². The van der Waals surface area contributed by atoms with Crippen molar-refractivity contribution in [2.24, 2.45) is 0 Å². The average molecular weight is 451 g/mol. The van der Waals surface area contributed by atoms with E-state index in [4.69, 9.17) is 4.74 Å². The monoisotopic (exact) mass is 450 g/mol. The Morgan fingerprint density at radius 3 is 2.64 bits per heavy atom. The van der Waals surface area contributed by atoms with Crippen LogP contribution in [-0.2, 0) is 0 Å². The highest BCUT2D eigenvalue weighted by Crippen LogP contribution is 2.33. The Morgan fingerprint density at radius 1 is 1.12 bits per heavy atom. The maximum Gasteiger partial charge on any atom is 0.272 e. The van der Waals surface area contributed by atoms with Crippen molar-refractivity contribution in [3.8, 4) is 5.75 Å². The summed E-state index contributed by atoms with van der Waals surface area (Å²) < 4.78 is 6.07. The summed E-state index contributed by atoms with van der Waals surface area (Å²) in [5, 5.41) is 6.24. The lowest BCUT2D eigenvalue weighted by atomic mass is 9.94. The van der Waals surface area contributed by atoms with Gasteiger partial charge in [-0.2, -0.15) is 0 Å². The van der Waals surface area contributed by atoms with Gasteiger partial charge in [0.2, 0.25) is 0 Å². The summed E-state index contributed by atoms with van der Waals surface area (Å²) in [6.45, 7) is 9.87. The van der Waals surface area contributed by atoms with E-state index in [1.54, 1.807) is 23.2 Å². The zero-order chi connectivity index (χ0) is 23.6. The smallest absolute Gasteiger partial charge is 0.272 e. The molecule has 0 bridgehead atoms. The number of nitrogens with one attached hydrogen (secondary N) is 2. The third-order valence-electron chi connectivity index (χ3n) is 5.66. The highest BCUT2D eigenvalue weighted by atomic mass is 16.5. The van der Waals surface area contributed by atoms with Gasteiger partial charge in [-0.1, -0.05) is 12.1 Å². The first-order valence-electron chi connectivity index (χ1n) is 11.8. The molecule has 0 unspecified atom stereocenters. The summed E-state index contributed by atoms with van der Waals surface area (Å²) in [4.78, 5) is 31.4. The van der Waals surface area contributed by atoms with Gasteiger partial charge in [0, 0.05) is 49.1 Å². The van der Waals surface area contributed by atoms with Gasteiger partial charge in [-0.3, -0.25) is 14.6 Å². The largest absolute Gasteiger partial charge is 0.492 e. The van der Waals surface area contributed by atoms with Crippen molar-refractivity contribution in [3.05, 3.63) is 65.0 Å². The molecule has 1 aliphatic heterocycles. The number of carbonyl (C=O) groups is 2. The van der Waals surface area contributed by atoms with Gasteiger partial charge in [0.1, 0.15) is 18.1 Å². The second-order valence-electron chi connectivity index (χ2n) is 7.84. The number of rotatable bonds is 6. The number of hydrogen-bond donors (Lipinski definition) is 2. The van der Waals surface area contributed by atoms with Crippen molar-refractivity contribution in [2.75, 3.05) is 39.3 Å². The molecule has 1 aliphatic rings. The lowest BCUT2D eigenvalue weighted by molar-refractivity contribution is 0.0767. The summed E-state index contributed by atoms with van der Waals surface area (Å²) >= 11 is 0. The predicted octanol–water partition coefficient (Wildman–Crippen LogP) is 3.51. The lowest BCUT2D eigenvalue weighted by Crippen LogP contribution is -2.31. The minimum atomic E-state index is -0.117. The van der Waals surface area contributed by atoms with E-state index in [0.717, 1.165) is 48.4 Å². The van der Waals surface area contributed by atoms with Gasteiger partial charge in [-0.05, 0) is 70.0 Å². The molecule has 7 heteroatoms. The predicted molar refractivity (Wildman–Crippen MR) is 131 cm³/mol. The molecule has 33 heavy (non-hydrogen) atoms. The van der Waals surface area contributed by atoms with Gasteiger partial charge in [0.15, 0.2) is 0 Å². The number of fused-ring (bicyclic) bond motifs is 1. The van der Waals surface area contributed by atoms with E-state index in [9.17, 15) is 9.59 Å². The number of benzene rings is 1. The lowest BCUT2D eigenvalue weighted by Gasteiger charge is -2.19. The number of amides is 2. The maximum atomic E-state index is 12.7. The van der Waals surface area contributed by atoms with Crippen LogP contribution in [0.25, 0.3) is 5.57 Å². The fraction of sp³-hybridized carbons (Fsp3) is 0.423. The maximum absolute atomic E-state index is 12.7. The van der Waals surface area contributed by atoms with E-state index >= 15 is 0 Å². The normalized spacial score (nSPS) is 15.8. The molecule has 176 valence electrons. The second kappa shape index (κ2) is 12.2. The standard InChI is InChI=1S/C26H34N4O3/c1-4-28-25(31)19-11-13-24-22(17-19)21(9-7-8-14-27-15-16-33-24)20-10-12-23(29-18-20)26(32)30(5-2)6-3/h9-13,17-18,27H,4-8,14-16H2,1-3H3,(H,28,31)/b21-9-. The van der Waals surface area contributed by atoms with Crippen molar-refractivity contribution in [1.29, 1.82) is 0 Å². The molecule has 2 heterocycles. The molecule has 0 saturated carbocycles. The van der Waals surface area contributed by atoms with Gasteiger partial charge >= 0.3 is 0 Å². The molecule has 0 saturated heterocycles. The van der Waals surface area contributed by atoms with Crippen LogP contribution in [0.15, 0.2) is 42.6 Å². The van der Waals surface area contributed by atoms with Crippen LogP contribution in [-0.4, -0.2) is 61.0 Å². The first-order chi connectivity index (χ1) is 16.1. The number of nitrogens with zero attached hydrogens (tertiary/aromatic N) is 2. The molecular weight excluding hydrogens is 416 g/mol. The van der Waals surface area contributed by atoms with Crippen molar-refractivity contribution in [2.45, 2.75) is 33.6 Å². The first-order valence-corrected chi connectivity index (χ1v) is 11.8. The number of aromatic nitrogens is 1. The molecule has 0 radical (unpaired) electrons. The first kappa shape index (κ1) is 24.5. The molecule has 2 aromatic rings. The minimum absolute atomic E-state index is 0.0729. The molecule has 0 spiro atoms. The zero-order valence-electron chi connectivity index (χ0n) is 19.8. The van der Waals surface area contributed by atoms with Crippen LogP contribution in [0.1, 0.15) is 65.6 Å². The highest BCUT2D eigenvalue weighted by Gasteiger charge is 2.18. The van der Waals surface area contributed by atoms with Gasteiger partial charge in [0.05, 0.1) is 0 Å². The molecule has 2 amide bonds. The molecule has 0 atom stereocenters. The molecule has 3 rings (SSSR count). The summed E-state index contributed by atoms with van der Waals surface area (Å²) in [5.41, 5.74) is 3.70. The Balaban J connectivity index is 2.03. The summed E-state index contributed by atoms with van der Waals surface area (Å²) in [5.74, 6) is 0.534. The van der Waals surface area contributed by atoms with Gasteiger partial charge in [-0.25, -0.2) is 0 Å². The molecule has 7 nitrogen and oxygen atoms in total. The third-order valence-corrected chi connectivity index (χ3v) is 5.66. The van der Waals surface area contributed by atoms with Crippen molar-refractivity contribution >= 4 is 17.4 Å². The molecule has 2 N–H and O–H groups in total. The van der Waals surface area contributed by atoms with Crippen molar-refractivity contribution in [3.63, 3.8) is 0 Å². The van der Waals surface area contributed by atoms with Crippen molar-refractivity contribution in [1.82, 2.24) is 20.5 Å². The summed E-state index contributed by atoms with van der Waals surface area (Å²) in [6, 6.07) is 9.23. The van der Waals surface area contributed by atoms with Crippen molar-refractivity contribution < 1.29 is 14.3 Å². The fourth-order valence-corrected chi connectivity index (χ4v) is 3.84. The molecule has 0 fully saturated rings. The quantitative estimate of drug-likeness (QED) is 0.704. The van der Waals surface area contributed by atoms with Gasteiger partial charge in [0.25, 0.3) is 11.8 Å². The Labute approximate surface area is 196 Å². The number of pyridine rings is 1. The molecular formula is C26H34N4O3. The van der Waals surface area contributed by atoms with Crippen LogP contribution in [0, 0.1) is 0 Å². The van der Waals surface area contributed by atoms with E-state index in [1.807, 2.05) is 39.0 Å². The fourth-order valence-electron chi connectivity index (χ4n) is 3.84. The Kier molecular flexibility index (Phi) is 9.01. The minimum Gasteiger partial charge on any atom is -0.492 e. The number of ether oxygens (including phenoxy) is 1. The van der Waals surface area contributed by atoms with E-state index in [1.165, 1.54) is 0 Å². The van der Waals surface area contributed by atoms with Crippen LogP contribution in [0.5, 0.6) is 5.75 Å². The van der Waals surface area contributed by atoms with Crippen LogP contribution >= 0.6 is 0 Å². The summed E-state index contributed by atoms with van der Waals surface area (Å²) in [7, 11) is 0. The number of carbonyl (C=O) groups excluding carboxylic acids is 2. The van der Waals surface area contributed by atoms with Crippen LogP contribution in [0.4, 0.5) is 0 Å². The van der Waals surface area contributed by atoms with E-state index in [2.05, 4.69) is 21.7 Å². The SMILES string of the molecule is CCNC(=O)c1ccc2c(c1)/C(c1ccc(C(=O)N(CC)CC)nc1)=C\CCCNCCO2. The zero-order valence-corrected chi connectivity index (χ0v) is 19.8. The van der Waals surface area contributed by atoms with Gasteiger partial charge < -0.3 is 20.3 Å². The summed E-state index contributed by atoms with van der Waals surface area (Å²) in [6.07, 6.45) is 5.76. The molecule has 0 aliphatic carbocycles. The van der Waals surface area contributed by atoms with Crippen LogP contribution < -0.4 is 15.4 Å². The van der Waals surface area contributed by atoms with E-state index in [0.29, 0.717) is 37.5 Å². The van der Waals surface area contributed by atoms with E-state index < -0.39 is 0 Å². The average Bonchev–Trinajstić information content (AvgIpc) is 2.88. The van der Waals surface area contributed by atoms with Crippen LogP contribution in [0.2, 0.25) is 0 Å². The molecule has 1 aromatic carbocycles. The molecule has 1 aromatic heterocycles. The van der Waals surface area contributed by atoms with Gasteiger partial charge in [-0.15, -0.1) is 0 Å².